The van der Waals surface area contributed by atoms with Crippen LogP contribution < -0.4 is 0 Å². The standard InChI is InChI=1S/C11H10N4/c1-8-13-10-4-3-9(7-11(10)14-8)15-6-2-5-12-15/h2-7H,1H3,(H,13,14). The van der Waals surface area contributed by atoms with Gasteiger partial charge in [0.1, 0.15) is 5.82 Å². The summed E-state index contributed by atoms with van der Waals surface area (Å²) in [5.41, 5.74) is 3.07. The molecule has 4 heteroatoms. The third kappa shape index (κ3) is 1.30. The van der Waals surface area contributed by atoms with Gasteiger partial charge in [0.2, 0.25) is 0 Å². The van der Waals surface area contributed by atoms with E-state index in [9.17, 15) is 0 Å². The number of rotatable bonds is 1. The number of fused-ring (bicyclic) bond motifs is 1. The summed E-state index contributed by atoms with van der Waals surface area (Å²) < 4.78 is 1.83. The zero-order chi connectivity index (χ0) is 10.3. The predicted octanol–water partition coefficient (Wildman–Crippen LogP) is 2.06. The predicted molar refractivity (Wildman–Crippen MR) is 58.0 cm³/mol. The molecule has 0 aliphatic rings. The SMILES string of the molecule is Cc1nc2ccc(-n3cccn3)cc2[nH]1. The van der Waals surface area contributed by atoms with Gasteiger partial charge in [0.25, 0.3) is 0 Å². The van der Waals surface area contributed by atoms with Gasteiger partial charge < -0.3 is 4.98 Å². The van der Waals surface area contributed by atoms with Gasteiger partial charge in [-0.2, -0.15) is 5.10 Å². The number of H-pyrrole nitrogens is 1. The molecule has 3 rings (SSSR count). The maximum atomic E-state index is 4.35. The van der Waals surface area contributed by atoms with E-state index in [1.54, 1.807) is 6.20 Å². The van der Waals surface area contributed by atoms with Crippen molar-refractivity contribution >= 4 is 11.0 Å². The van der Waals surface area contributed by atoms with Crippen molar-refractivity contribution in [3.8, 4) is 5.69 Å². The molecule has 3 aromatic rings. The van der Waals surface area contributed by atoms with E-state index in [-0.39, 0.29) is 0 Å². The molecular formula is C11H10N4. The summed E-state index contributed by atoms with van der Waals surface area (Å²) in [5.74, 6) is 0.933. The van der Waals surface area contributed by atoms with E-state index in [1.165, 1.54) is 0 Å². The molecule has 0 atom stereocenters. The normalized spacial score (nSPS) is 11.0. The molecule has 74 valence electrons. The Kier molecular flexibility index (Phi) is 1.62. The minimum atomic E-state index is 0.933. The molecule has 0 aliphatic carbocycles. The number of nitrogens with one attached hydrogen (secondary N) is 1. The molecule has 15 heavy (non-hydrogen) atoms. The fourth-order valence-electron chi connectivity index (χ4n) is 1.69. The Bertz CT molecular complexity index is 592. The molecule has 2 heterocycles. The molecule has 0 aliphatic heterocycles. The highest BCUT2D eigenvalue weighted by Crippen LogP contribution is 2.15. The monoisotopic (exact) mass is 198 g/mol. The molecule has 0 amide bonds. The summed E-state index contributed by atoms with van der Waals surface area (Å²) in [6.45, 7) is 1.95. The summed E-state index contributed by atoms with van der Waals surface area (Å²) in [6.07, 6.45) is 3.69. The van der Waals surface area contributed by atoms with Crippen LogP contribution in [0.1, 0.15) is 5.82 Å². The number of imidazole rings is 1. The highest BCUT2D eigenvalue weighted by atomic mass is 15.3. The lowest BCUT2D eigenvalue weighted by atomic mass is 10.3. The average Bonchev–Trinajstić information content (AvgIpc) is 2.82. The van der Waals surface area contributed by atoms with Crippen molar-refractivity contribution in [3.63, 3.8) is 0 Å². The zero-order valence-electron chi connectivity index (χ0n) is 8.31. The van der Waals surface area contributed by atoms with Gasteiger partial charge in [-0.05, 0) is 31.2 Å². The number of nitrogens with zero attached hydrogens (tertiary/aromatic N) is 3. The van der Waals surface area contributed by atoms with Crippen LogP contribution in [0.25, 0.3) is 16.7 Å². The third-order valence-corrected chi connectivity index (χ3v) is 2.35. The number of benzene rings is 1. The van der Waals surface area contributed by atoms with Gasteiger partial charge in [0, 0.05) is 12.4 Å². The van der Waals surface area contributed by atoms with E-state index in [2.05, 4.69) is 15.1 Å². The van der Waals surface area contributed by atoms with Gasteiger partial charge in [-0.25, -0.2) is 9.67 Å². The van der Waals surface area contributed by atoms with Crippen LogP contribution in [0.4, 0.5) is 0 Å². The lowest BCUT2D eigenvalue weighted by Crippen LogP contribution is -1.93. The number of hydrogen-bond acceptors (Lipinski definition) is 2. The van der Waals surface area contributed by atoms with Gasteiger partial charge in [0.15, 0.2) is 0 Å². The van der Waals surface area contributed by atoms with E-state index >= 15 is 0 Å². The van der Waals surface area contributed by atoms with Crippen LogP contribution in [-0.4, -0.2) is 19.7 Å². The molecule has 0 fully saturated rings. The van der Waals surface area contributed by atoms with Crippen molar-refractivity contribution in [3.05, 3.63) is 42.5 Å². The topological polar surface area (TPSA) is 46.5 Å². The summed E-state index contributed by atoms with van der Waals surface area (Å²) in [7, 11) is 0. The van der Waals surface area contributed by atoms with E-state index < -0.39 is 0 Å². The quantitative estimate of drug-likeness (QED) is 0.650. The highest BCUT2D eigenvalue weighted by Gasteiger charge is 2.01. The maximum absolute atomic E-state index is 4.35. The lowest BCUT2D eigenvalue weighted by molar-refractivity contribution is 0.882. The second-order valence-electron chi connectivity index (χ2n) is 3.47. The van der Waals surface area contributed by atoms with Crippen LogP contribution >= 0.6 is 0 Å². The van der Waals surface area contributed by atoms with Crippen LogP contribution in [-0.2, 0) is 0 Å². The maximum Gasteiger partial charge on any atom is 0.104 e. The second kappa shape index (κ2) is 2.95. The Labute approximate surface area is 86.6 Å². The highest BCUT2D eigenvalue weighted by molar-refractivity contribution is 5.77. The Morgan fingerprint density at radius 1 is 1.33 bits per heavy atom. The van der Waals surface area contributed by atoms with Crippen molar-refractivity contribution in [2.24, 2.45) is 0 Å². The first-order valence-electron chi connectivity index (χ1n) is 4.79. The van der Waals surface area contributed by atoms with E-state index in [4.69, 9.17) is 0 Å². The van der Waals surface area contributed by atoms with Gasteiger partial charge in [-0.15, -0.1) is 0 Å². The molecule has 0 unspecified atom stereocenters. The van der Waals surface area contributed by atoms with E-state index in [1.807, 2.05) is 42.1 Å². The Morgan fingerprint density at radius 2 is 2.27 bits per heavy atom. The molecule has 0 spiro atoms. The molecule has 2 aromatic heterocycles. The van der Waals surface area contributed by atoms with Gasteiger partial charge in [-0.3, -0.25) is 0 Å². The molecule has 1 aromatic carbocycles. The van der Waals surface area contributed by atoms with Crippen LogP contribution in [0.2, 0.25) is 0 Å². The number of aryl methyl sites for hydroxylation is 1. The summed E-state index contributed by atoms with van der Waals surface area (Å²) >= 11 is 0. The first-order chi connectivity index (χ1) is 7.33. The zero-order valence-corrected chi connectivity index (χ0v) is 8.31. The van der Waals surface area contributed by atoms with Crippen LogP contribution in [0, 0.1) is 6.92 Å². The smallest absolute Gasteiger partial charge is 0.104 e. The Hall–Kier alpha value is -2.10. The van der Waals surface area contributed by atoms with Crippen LogP contribution in [0.15, 0.2) is 36.7 Å². The third-order valence-electron chi connectivity index (χ3n) is 2.35. The molecule has 0 bridgehead atoms. The molecule has 0 saturated heterocycles. The Morgan fingerprint density at radius 3 is 3.07 bits per heavy atom. The fourth-order valence-corrected chi connectivity index (χ4v) is 1.69. The minimum Gasteiger partial charge on any atom is -0.342 e. The van der Waals surface area contributed by atoms with Gasteiger partial charge in [-0.1, -0.05) is 0 Å². The number of aromatic amines is 1. The van der Waals surface area contributed by atoms with Gasteiger partial charge in [0.05, 0.1) is 16.7 Å². The number of hydrogen-bond donors (Lipinski definition) is 1. The second-order valence-corrected chi connectivity index (χ2v) is 3.47. The van der Waals surface area contributed by atoms with E-state index in [0.29, 0.717) is 0 Å². The van der Waals surface area contributed by atoms with Crippen LogP contribution in [0.3, 0.4) is 0 Å². The van der Waals surface area contributed by atoms with Crippen LogP contribution in [0.5, 0.6) is 0 Å². The van der Waals surface area contributed by atoms with E-state index in [0.717, 1.165) is 22.5 Å². The first kappa shape index (κ1) is 8.23. The molecule has 4 nitrogen and oxygen atoms in total. The minimum absolute atomic E-state index is 0.933. The van der Waals surface area contributed by atoms with Crippen molar-refractivity contribution in [2.45, 2.75) is 6.92 Å². The summed E-state index contributed by atoms with van der Waals surface area (Å²) in [6, 6.07) is 7.95. The average molecular weight is 198 g/mol. The molecule has 0 radical (unpaired) electrons. The molecule has 0 saturated carbocycles. The largest absolute Gasteiger partial charge is 0.342 e. The summed E-state index contributed by atoms with van der Waals surface area (Å²) in [4.78, 5) is 7.56. The van der Waals surface area contributed by atoms with Crippen molar-refractivity contribution < 1.29 is 0 Å². The number of aromatic nitrogens is 4. The molecule has 1 N–H and O–H groups in total. The molecular weight excluding hydrogens is 188 g/mol. The first-order valence-corrected chi connectivity index (χ1v) is 4.79. The fraction of sp³-hybridized carbons (Fsp3) is 0.0909. The van der Waals surface area contributed by atoms with Crippen molar-refractivity contribution in [2.75, 3.05) is 0 Å². The summed E-state index contributed by atoms with van der Waals surface area (Å²) in [5, 5.41) is 4.18. The van der Waals surface area contributed by atoms with Gasteiger partial charge >= 0.3 is 0 Å². The Balaban J connectivity index is 2.21. The lowest BCUT2D eigenvalue weighted by Gasteiger charge is -1.99. The van der Waals surface area contributed by atoms with Crippen molar-refractivity contribution in [1.82, 2.24) is 19.7 Å². The van der Waals surface area contributed by atoms with Crippen molar-refractivity contribution in [1.29, 1.82) is 0 Å².